The monoisotopic (exact) mass is 428 g/mol. The summed E-state index contributed by atoms with van der Waals surface area (Å²) in [5.41, 5.74) is 3.02. The van der Waals surface area contributed by atoms with Gasteiger partial charge in [-0.25, -0.2) is 0 Å². The average Bonchev–Trinajstić information content (AvgIpc) is 2.96. The molecule has 178 valence electrons. The Kier molecular flexibility index (Phi) is 6.07. The maximum absolute atomic E-state index is 10.8. The van der Waals surface area contributed by atoms with Crippen molar-refractivity contribution in [1.29, 1.82) is 0 Å². The second-order valence-electron chi connectivity index (χ2n) is 14.1. The predicted octanol–water partition coefficient (Wildman–Crippen LogP) is 8.41. The van der Waals surface area contributed by atoms with E-state index < -0.39 is 0 Å². The molecule has 1 nitrogen and oxygen atoms in total. The van der Waals surface area contributed by atoms with Gasteiger partial charge in [0.25, 0.3) is 0 Å². The maximum atomic E-state index is 10.8. The van der Waals surface area contributed by atoms with E-state index in [1.54, 1.807) is 0 Å². The van der Waals surface area contributed by atoms with Crippen LogP contribution in [0, 0.1) is 51.2 Å². The molecule has 4 fully saturated rings. The molecule has 1 heteroatoms. The Morgan fingerprint density at radius 3 is 2.23 bits per heavy atom. The first-order valence-corrected chi connectivity index (χ1v) is 13.7. The fourth-order valence-electron chi connectivity index (χ4n) is 10.3. The summed E-state index contributed by atoms with van der Waals surface area (Å²) in [6.45, 7) is 19.9. The summed E-state index contributed by atoms with van der Waals surface area (Å²) >= 11 is 0. The van der Waals surface area contributed by atoms with Crippen molar-refractivity contribution < 1.29 is 5.11 Å². The fourth-order valence-corrected chi connectivity index (χ4v) is 10.3. The van der Waals surface area contributed by atoms with Crippen molar-refractivity contribution in [3.8, 4) is 0 Å². The van der Waals surface area contributed by atoms with Gasteiger partial charge in [-0.15, -0.1) is 0 Å². The van der Waals surface area contributed by atoms with E-state index >= 15 is 0 Å². The van der Waals surface area contributed by atoms with Crippen molar-refractivity contribution >= 4 is 0 Å². The molecule has 0 aromatic rings. The number of hydrogen-bond donors (Lipinski definition) is 1. The third kappa shape index (κ3) is 3.41. The van der Waals surface area contributed by atoms with Crippen LogP contribution in [0.15, 0.2) is 11.6 Å². The Hall–Kier alpha value is -0.300. The maximum Gasteiger partial charge on any atom is 0.0594 e. The lowest BCUT2D eigenvalue weighted by Crippen LogP contribution is -2.61. The molecule has 4 saturated carbocycles. The standard InChI is InChI=1S/C30H52O/c1-20(2)10-9-11-21(3)22-14-18-30(8)24-12-13-25-27(4,5)26(31)16-17-28(25,6)23(24)15-19-29(22,30)7/h10,21-26,31H,9,11-19H2,1-8H3/t21-,22-,23?,24?,25+,26+,28-,29-,30+/m1/s1. The quantitative estimate of drug-likeness (QED) is 0.445. The molecule has 0 spiro atoms. The van der Waals surface area contributed by atoms with Gasteiger partial charge in [-0.2, -0.15) is 0 Å². The molecule has 2 unspecified atom stereocenters. The SMILES string of the molecule is CC(C)=CCC[C@@H](C)[C@H]1CC[C@@]2(C)C3CC[C@H]4C(C)(C)[C@@H](O)CC[C@]4(C)C3CC[C@]12C. The smallest absolute Gasteiger partial charge is 0.0594 e. The summed E-state index contributed by atoms with van der Waals surface area (Å²) in [6.07, 6.45) is 15.8. The highest BCUT2D eigenvalue weighted by atomic mass is 16.3. The van der Waals surface area contributed by atoms with Gasteiger partial charge in [0, 0.05) is 0 Å². The van der Waals surface area contributed by atoms with E-state index in [2.05, 4.69) is 61.5 Å². The number of hydrogen-bond acceptors (Lipinski definition) is 1. The Labute approximate surface area is 193 Å². The highest BCUT2D eigenvalue weighted by Gasteiger charge is 2.67. The van der Waals surface area contributed by atoms with Crippen molar-refractivity contribution in [2.45, 2.75) is 126 Å². The van der Waals surface area contributed by atoms with Crippen molar-refractivity contribution in [1.82, 2.24) is 0 Å². The highest BCUT2D eigenvalue weighted by molar-refractivity contribution is 5.16. The van der Waals surface area contributed by atoms with Crippen LogP contribution >= 0.6 is 0 Å². The fraction of sp³-hybridized carbons (Fsp3) is 0.933. The molecule has 0 aromatic carbocycles. The number of fused-ring (bicyclic) bond motifs is 5. The normalized spacial score (nSPS) is 49.5. The van der Waals surface area contributed by atoms with Crippen LogP contribution in [-0.2, 0) is 0 Å². The van der Waals surface area contributed by atoms with Crippen LogP contribution < -0.4 is 0 Å². The van der Waals surface area contributed by atoms with Crippen LogP contribution in [0.2, 0.25) is 0 Å². The lowest BCUT2D eigenvalue weighted by atomic mass is 9.38. The summed E-state index contributed by atoms with van der Waals surface area (Å²) < 4.78 is 0. The molecular weight excluding hydrogens is 376 g/mol. The number of aliphatic hydroxyl groups excluding tert-OH is 1. The van der Waals surface area contributed by atoms with E-state index in [1.165, 1.54) is 63.4 Å². The average molecular weight is 429 g/mol. The van der Waals surface area contributed by atoms with Gasteiger partial charge >= 0.3 is 0 Å². The molecular formula is C30H52O. The summed E-state index contributed by atoms with van der Waals surface area (Å²) in [7, 11) is 0. The minimum Gasteiger partial charge on any atom is -0.393 e. The second-order valence-corrected chi connectivity index (χ2v) is 14.1. The first kappa shape index (κ1) is 23.8. The van der Waals surface area contributed by atoms with Crippen LogP contribution in [0.5, 0.6) is 0 Å². The summed E-state index contributed by atoms with van der Waals surface area (Å²) in [5, 5.41) is 10.8. The molecule has 4 rings (SSSR count). The Bertz CT molecular complexity index is 701. The lowest BCUT2D eigenvalue weighted by Gasteiger charge is -2.67. The molecule has 0 amide bonds. The van der Waals surface area contributed by atoms with E-state index in [0.29, 0.717) is 22.2 Å². The molecule has 4 aliphatic rings. The van der Waals surface area contributed by atoms with Gasteiger partial charge < -0.3 is 5.11 Å². The molecule has 31 heavy (non-hydrogen) atoms. The molecule has 0 aromatic heterocycles. The van der Waals surface area contributed by atoms with Crippen LogP contribution in [0.1, 0.15) is 120 Å². The van der Waals surface area contributed by atoms with E-state index in [-0.39, 0.29) is 11.5 Å². The van der Waals surface area contributed by atoms with Gasteiger partial charge in [0.1, 0.15) is 0 Å². The number of rotatable bonds is 4. The van der Waals surface area contributed by atoms with Gasteiger partial charge in [-0.3, -0.25) is 0 Å². The van der Waals surface area contributed by atoms with Gasteiger partial charge in [0.2, 0.25) is 0 Å². The van der Waals surface area contributed by atoms with E-state index in [4.69, 9.17) is 0 Å². The molecule has 1 N–H and O–H groups in total. The van der Waals surface area contributed by atoms with Crippen molar-refractivity contribution in [3.63, 3.8) is 0 Å². The molecule has 0 aliphatic heterocycles. The zero-order chi connectivity index (χ0) is 22.8. The first-order valence-electron chi connectivity index (χ1n) is 13.7. The van der Waals surface area contributed by atoms with Gasteiger partial charge in [0.05, 0.1) is 6.10 Å². The lowest BCUT2D eigenvalue weighted by molar-refractivity contribution is -0.200. The predicted molar refractivity (Wildman–Crippen MR) is 133 cm³/mol. The van der Waals surface area contributed by atoms with Crippen molar-refractivity contribution in [3.05, 3.63) is 11.6 Å². The zero-order valence-electron chi connectivity index (χ0n) is 22.1. The Morgan fingerprint density at radius 2 is 1.55 bits per heavy atom. The van der Waals surface area contributed by atoms with E-state index in [1.807, 2.05) is 0 Å². The minimum absolute atomic E-state index is 0.0806. The van der Waals surface area contributed by atoms with Crippen LogP contribution in [0.3, 0.4) is 0 Å². The Morgan fingerprint density at radius 1 is 0.871 bits per heavy atom. The van der Waals surface area contributed by atoms with Crippen LogP contribution in [0.25, 0.3) is 0 Å². The molecule has 0 heterocycles. The molecule has 4 aliphatic carbocycles. The highest BCUT2D eigenvalue weighted by Crippen LogP contribution is 2.74. The van der Waals surface area contributed by atoms with Crippen LogP contribution in [-0.4, -0.2) is 11.2 Å². The van der Waals surface area contributed by atoms with E-state index in [0.717, 1.165) is 30.1 Å². The summed E-state index contributed by atoms with van der Waals surface area (Å²) in [5.74, 6) is 4.20. The Balaban J connectivity index is 1.58. The molecule has 0 radical (unpaired) electrons. The van der Waals surface area contributed by atoms with Gasteiger partial charge in [0.15, 0.2) is 0 Å². The van der Waals surface area contributed by atoms with Crippen molar-refractivity contribution in [2.75, 3.05) is 0 Å². The topological polar surface area (TPSA) is 20.2 Å². The number of aliphatic hydroxyl groups is 1. The van der Waals surface area contributed by atoms with Gasteiger partial charge in [-0.1, -0.05) is 53.2 Å². The minimum atomic E-state index is -0.107. The molecule has 0 bridgehead atoms. The van der Waals surface area contributed by atoms with Gasteiger partial charge in [-0.05, 0) is 129 Å². The van der Waals surface area contributed by atoms with E-state index in [9.17, 15) is 5.11 Å². The number of allylic oxidation sites excluding steroid dienone is 2. The first-order chi connectivity index (χ1) is 14.4. The largest absolute Gasteiger partial charge is 0.393 e. The third-order valence-corrected chi connectivity index (χ3v) is 12.4. The summed E-state index contributed by atoms with van der Waals surface area (Å²) in [6, 6.07) is 0. The summed E-state index contributed by atoms with van der Waals surface area (Å²) in [4.78, 5) is 0. The third-order valence-electron chi connectivity index (χ3n) is 12.4. The molecule has 9 atom stereocenters. The van der Waals surface area contributed by atoms with Crippen LogP contribution in [0.4, 0.5) is 0 Å². The second kappa shape index (κ2) is 7.89. The molecule has 0 saturated heterocycles. The van der Waals surface area contributed by atoms with Crippen molar-refractivity contribution in [2.24, 2.45) is 51.2 Å². The zero-order valence-corrected chi connectivity index (χ0v) is 22.1.